The molecule has 2 heterocycles. The molecule has 4 unspecified atom stereocenters. The third-order valence-electron chi connectivity index (χ3n) is 3.44. The van der Waals surface area contributed by atoms with Gasteiger partial charge in [-0.2, -0.15) is 0 Å². The average Bonchev–Trinajstić information content (AvgIpc) is 2.64. The van der Waals surface area contributed by atoms with Gasteiger partial charge in [0.1, 0.15) is 0 Å². The maximum Gasteiger partial charge on any atom is 0.0459 e. The Morgan fingerprint density at radius 1 is 0.583 bits per heavy atom. The van der Waals surface area contributed by atoms with Crippen molar-refractivity contribution in [2.45, 2.75) is 37.0 Å². The summed E-state index contributed by atoms with van der Waals surface area (Å²) in [5, 5.41) is 14.0. The highest BCUT2D eigenvalue weighted by Gasteiger charge is 2.40. The molecule has 1 aliphatic carbocycles. The summed E-state index contributed by atoms with van der Waals surface area (Å²) in [6, 6.07) is 2.83. The molecular weight excluding hydrogens is 152 g/mol. The first-order chi connectivity index (χ1) is 5.93. The number of hydrogen-bond donors (Lipinski definition) is 4. The molecule has 0 aromatic carbocycles. The van der Waals surface area contributed by atoms with Gasteiger partial charge in [0.25, 0.3) is 0 Å². The number of nitrogens with one attached hydrogen (secondary N) is 4. The van der Waals surface area contributed by atoms with Gasteiger partial charge in [-0.3, -0.25) is 0 Å². The van der Waals surface area contributed by atoms with Crippen LogP contribution < -0.4 is 21.3 Å². The summed E-state index contributed by atoms with van der Waals surface area (Å²) >= 11 is 0. The maximum atomic E-state index is 3.49. The summed E-state index contributed by atoms with van der Waals surface area (Å²) in [5.41, 5.74) is 0. The van der Waals surface area contributed by atoms with Crippen LogP contribution in [0.1, 0.15) is 12.8 Å². The van der Waals surface area contributed by atoms with Gasteiger partial charge in [-0.25, -0.2) is 0 Å². The average molecular weight is 168 g/mol. The molecule has 3 aliphatic rings. The first kappa shape index (κ1) is 7.26. The third-order valence-corrected chi connectivity index (χ3v) is 3.44. The quantitative estimate of drug-likeness (QED) is 0.358. The van der Waals surface area contributed by atoms with Crippen molar-refractivity contribution in [3.8, 4) is 0 Å². The summed E-state index contributed by atoms with van der Waals surface area (Å²) in [5.74, 6) is 0. The van der Waals surface area contributed by atoms with Crippen LogP contribution in [-0.4, -0.2) is 37.5 Å². The highest BCUT2D eigenvalue weighted by molar-refractivity contribution is 5.04. The van der Waals surface area contributed by atoms with Crippen molar-refractivity contribution >= 4 is 0 Å². The lowest BCUT2D eigenvalue weighted by Gasteiger charge is -2.33. The predicted octanol–water partition coefficient (Wildman–Crippen LogP) is -1.44. The smallest absolute Gasteiger partial charge is 0.0459 e. The van der Waals surface area contributed by atoms with Crippen LogP contribution in [-0.2, 0) is 0 Å². The molecule has 4 N–H and O–H groups in total. The normalized spacial score (nSPS) is 52.0. The summed E-state index contributed by atoms with van der Waals surface area (Å²) in [6.07, 6.45) is 2.55. The molecule has 68 valence electrons. The SMILES string of the molecule is C1NC2CC3NCNC3CC2N1. The first-order valence-electron chi connectivity index (χ1n) is 4.87. The van der Waals surface area contributed by atoms with E-state index in [4.69, 9.17) is 0 Å². The van der Waals surface area contributed by atoms with Gasteiger partial charge in [-0.15, -0.1) is 0 Å². The Labute approximate surface area is 72.5 Å². The van der Waals surface area contributed by atoms with E-state index >= 15 is 0 Å². The Morgan fingerprint density at radius 3 is 1.25 bits per heavy atom. The summed E-state index contributed by atoms with van der Waals surface area (Å²) in [7, 11) is 0. The van der Waals surface area contributed by atoms with Crippen molar-refractivity contribution in [3.05, 3.63) is 0 Å². The predicted molar refractivity (Wildman–Crippen MR) is 46.7 cm³/mol. The zero-order valence-corrected chi connectivity index (χ0v) is 7.14. The van der Waals surface area contributed by atoms with E-state index in [2.05, 4.69) is 21.3 Å². The fourth-order valence-electron chi connectivity index (χ4n) is 2.75. The van der Waals surface area contributed by atoms with E-state index in [9.17, 15) is 0 Å². The van der Waals surface area contributed by atoms with Gasteiger partial charge in [0, 0.05) is 37.5 Å². The standard InChI is InChI=1S/C8H16N4/c1-5-7(11-3-9-5)2-8-6(1)10-4-12-8/h5-12H,1-4H2. The summed E-state index contributed by atoms with van der Waals surface area (Å²) in [6.45, 7) is 1.99. The van der Waals surface area contributed by atoms with Gasteiger partial charge in [0.05, 0.1) is 0 Å². The molecule has 4 heteroatoms. The van der Waals surface area contributed by atoms with E-state index in [1.54, 1.807) is 0 Å². The van der Waals surface area contributed by atoms with Crippen LogP contribution in [0.3, 0.4) is 0 Å². The van der Waals surface area contributed by atoms with Crippen LogP contribution in [0.25, 0.3) is 0 Å². The van der Waals surface area contributed by atoms with E-state index in [-0.39, 0.29) is 0 Å². The van der Waals surface area contributed by atoms with Gasteiger partial charge in [-0.1, -0.05) is 0 Å². The van der Waals surface area contributed by atoms with Crippen molar-refractivity contribution in [2.24, 2.45) is 0 Å². The minimum atomic E-state index is 0.707. The Bertz CT molecular complexity index is 148. The van der Waals surface area contributed by atoms with Gasteiger partial charge in [0.2, 0.25) is 0 Å². The van der Waals surface area contributed by atoms with Gasteiger partial charge in [-0.05, 0) is 12.8 Å². The molecule has 0 aromatic rings. The Kier molecular flexibility index (Phi) is 1.61. The maximum absolute atomic E-state index is 3.49. The molecule has 0 aromatic heterocycles. The summed E-state index contributed by atoms with van der Waals surface area (Å²) in [4.78, 5) is 0. The molecule has 1 saturated carbocycles. The molecule has 4 nitrogen and oxygen atoms in total. The Hall–Kier alpha value is -0.160. The molecule has 3 fully saturated rings. The topological polar surface area (TPSA) is 48.1 Å². The fraction of sp³-hybridized carbons (Fsp3) is 1.00. The zero-order chi connectivity index (χ0) is 7.97. The molecule has 4 atom stereocenters. The zero-order valence-electron chi connectivity index (χ0n) is 7.14. The Balaban J connectivity index is 1.75. The molecular formula is C8H16N4. The van der Waals surface area contributed by atoms with Gasteiger partial charge in [0.15, 0.2) is 0 Å². The van der Waals surface area contributed by atoms with Gasteiger partial charge < -0.3 is 21.3 Å². The van der Waals surface area contributed by atoms with Crippen LogP contribution in [0.2, 0.25) is 0 Å². The number of hydrogen-bond acceptors (Lipinski definition) is 4. The second-order valence-electron chi connectivity index (χ2n) is 4.07. The first-order valence-corrected chi connectivity index (χ1v) is 4.87. The van der Waals surface area contributed by atoms with E-state index in [1.807, 2.05) is 0 Å². The fourth-order valence-corrected chi connectivity index (χ4v) is 2.75. The van der Waals surface area contributed by atoms with E-state index in [0.29, 0.717) is 24.2 Å². The molecule has 0 spiro atoms. The lowest BCUT2D eigenvalue weighted by atomic mass is 9.85. The van der Waals surface area contributed by atoms with Crippen molar-refractivity contribution in [1.29, 1.82) is 0 Å². The van der Waals surface area contributed by atoms with E-state index in [0.717, 1.165) is 13.3 Å². The molecule has 12 heavy (non-hydrogen) atoms. The molecule has 2 saturated heterocycles. The van der Waals surface area contributed by atoms with E-state index in [1.165, 1.54) is 12.8 Å². The van der Waals surface area contributed by atoms with Crippen LogP contribution in [0.4, 0.5) is 0 Å². The molecule has 0 radical (unpaired) electrons. The van der Waals surface area contributed by atoms with Crippen LogP contribution in [0.5, 0.6) is 0 Å². The number of fused-ring (bicyclic) bond motifs is 2. The number of rotatable bonds is 0. The lowest BCUT2D eigenvalue weighted by Crippen LogP contribution is -2.51. The second kappa shape index (κ2) is 2.67. The Morgan fingerprint density at radius 2 is 0.917 bits per heavy atom. The molecule has 0 amide bonds. The molecule has 2 aliphatic heterocycles. The lowest BCUT2D eigenvalue weighted by molar-refractivity contribution is 0.295. The van der Waals surface area contributed by atoms with Crippen molar-refractivity contribution in [2.75, 3.05) is 13.3 Å². The third kappa shape index (κ3) is 0.992. The van der Waals surface area contributed by atoms with Crippen LogP contribution >= 0.6 is 0 Å². The van der Waals surface area contributed by atoms with E-state index < -0.39 is 0 Å². The minimum absolute atomic E-state index is 0.707. The highest BCUT2D eigenvalue weighted by Crippen LogP contribution is 2.23. The van der Waals surface area contributed by atoms with Crippen LogP contribution in [0.15, 0.2) is 0 Å². The largest absolute Gasteiger partial charge is 0.300 e. The second-order valence-corrected chi connectivity index (χ2v) is 4.07. The molecule has 3 rings (SSSR count). The van der Waals surface area contributed by atoms with Crippen LogP contribution in [0, 0.1) is 0 Å². The van der Waals surface area contributed by atoms with Crippen molar-refractivity contribution in [1.82, 2.24) is 21.3 Å². The highest BCUT2D eigenvalue weighted by atomic mass is 15.3. The van der Waals surface area contributed by atoms with Gasteiger partial charge >= 0.3 is 0 Å². The molecule has 0 bridgehead atoms. The van der Waals surface area contributed by atoms with Crippen molar-refractivity contribution < 1.29 is 0 Å². The van der Waals surface area contributed by atoms with Crippen molar-refractivity contribution in [3.63, 3.8) is 0 Å². The minimum Gasteiger partial charge on any atom is -0.300 e. The monoisotopic (exact) mass is 168 g/mol. The summed E-state index contributed by atoms with van der Waals surface area (Å²) < 4.78 is 0.